The van der Waals surface area contributed by atoms with Crippen molar-refractivity contribution in [3.05, 3.63) is 29.1 Å². The summed E-state index contributed by atoms with van der Waals surface area (Å²) in [6.45, 7) is 9.46. The van der Waals surface area contributed by atoms with E-state index in [0.29, 0.717) is 6.54 Å². The Kier molecular flexibility index (Phi) is 4.14. The van der Waals surface area contributed by atoms with E-state index in [2.05, 4.69) is 37.8 Å². The summed E-state index contributed by atoms with van der Waals surface area (Å²) in [5.41, 5.74) is 3.47. The van der Waals surface area contributed by atoms with Crippen molar-refractivity contribution in [2.24, 2.45) is 0 Å². The van der Waals surface area contributed by atoms with Gasteiger partial charge in [0.15, 0.2) is 0 Å². The van der Waals surface area contributed by atoms with E-state index in [9.17, 15) is 8.78 Å². The molecule has 0 N–H and O–H groups in total. The first-order chi connectivity index (χ1) is 9.15. The van der Waals surface area contributed by atoms with Crippen LogP contribution in [0, 0.1) is 0 Å². The van der Waals surface area contributed by atoms with Crippen molar-refractivity contribution in [2.45, 2.75) is 58.4 Å². The summed E-state index contributed by atoms with van der Waals surface area (Å²) in [5.74, 6) is -2.57. The lowest BCUT2D eigenvalue weighted by atomic mass is 9.90. The van der Waals surface area contributed by atoms with Crippen LogP contribution in [0.5, 0.6) is 0 Å². The van der Waals surface area contributed by atoms with Gasteiger partial charge in [-0.15, -0.1) is 0 Å². The molecular formula is C16H24F2N2. The van der Waals surface area contributed by atoms with Crippen LogP contribution in [0.1, 0.15) is 51.1 Å². The minimum absolute atomic E-state index is 0.0520. The van der Waals surface area contributed by atoms with Crippen molar-refractivity contribution in [1.82, 2.24) is 9.88 Å². The van der Waals surface area contributed by atoms with Gasteiger partial charge in [-0.1, -0.05) is 26.8 Å². The van der Waals surface area contributed by atoms with Crippen LogP contribution in [0.4, 0.5) is 8.78 Å². The molecule has 20 heavy (non-hydrogen) atoms. The fraction of sp³-hybridized carbons (Fsp3) is 0.688. The molecule has 1 aliphatic heterocycles. The Morgan fingerprint density at radius 2 is 1.90 bits per heavy atom. The third-order valence-electron chi connectivity index (χ3n) is 3.76. The standard InChI is InChI=1S/C16H24F2N2/c1-15(2,3)14-6-5-12-11-20(9-7-13(12)19-14)10-8-16(4,17)18/h5-6H,7-11H2,1-4H3. The molecule has 0 atom stereocenters. The second-order valence-electron chi connectivity index (χ2n) is 6.90. The monoisotopic (exact) mass is 282 g/mol. The third kappa shape index (κ3) is 3.98. The molecule has 0 bridgehead atoms. The van der Waals surface area contributed by atoms with Crippen LogP contribution in [0.15, 0.2) is 12.1 Å². The fourth-order valence-electron chi connectivity index (χ4n) is 2.44. The Morgan fingerprint density at radius 1 is 1.20 bits per heavy atom. The first kappa shape index (κ1) is 15.4. The lowest BCUT2D eigenvalue weighted by molar-refractivity contribution is 0.00195. The van der Waals surface area contributed by atoms with Crippen molar-refractivity contribution in [3.63, 3.8) is 0 Å². The van der Waals surface area contributed by atoms with Crippen LogP contribution in [0.3, 0.4) is 0 Å². The number of rotatable bonds is 3. The van der Waals surface area contributed by atoms with E-state index in [-0.39, 0.29) is 11.8 Å². The largest absolute Gasteiger partial charge is 0.298 e. The maximum Gasteiger partial charge on any atom is 0.246 e. The molecule has 1 aromatic heterocycles. The Morgan fingerprint density at radius 3 is 2.50 bits per heavy atom. The summed E-state index contributed by atoms with van der Waals surface area (Å²) < 4.78 is 25.8. The predicted molar refractivity (Wildman–Crippen MR) is 77.2 cm³/mol. The van der Waals surface area contributed by atoms with Crippen molar-refractivity contribution in [3.8, 4) is 0 Å². The van der Waals surface area contributed by atoms with Gasteiger partial charge in [-0.3, -0.25) is 9.88 Å². The van der Waals surface area contributed by atoms with Gasteiger partial charge in [0, 0.05) is 49.3 Å². The third-order valence-corrected chi connectivity index (χ3v) is 3.76. The van der Waals surface area contributed by atoms with Gasteiger partial charge in [0.25, 0.3) is 0 Å². The van der Waals surface area contributed by atoms with E-state index in [0.717, 1.165) is 37.8 Å². The van der Waals surface area contributed by atoms with E-state index in [1.165, 1.54) is 5.56 Å². The van der Waals surface area contributed by atoms with Crippen LogP contribution < -0.4 is 0 Å². The number of hydrogen-bond donors (Lipinski definition) is 0. The highest BCUT2D eigenvalue weighted by molar-refractivity contribution is 5.28. The number of alkyl halides is 2. The molecule has 0 aromatic carbocycles. The smallest absolute Gasteiger partial charge is 0.246 e. The van der Waals surface area contributed by atoms with Gasteiger partial charge < -0.3 is 0 Å². The van der Waals surface area contributed by atoms with E-state index < -0.39 is 5.92 Å². The zero-order valence-electron chi connectivity index (χ0n) is 12.8. The maximum absolute atomic E-state index is 12.9. The number of nitrogens with zero attached hydrogens (tertiary/aromatic N) is 2. The predicted octanol–water partition coefficient (Wildman–Crippen LogP) is 3.78. The molecule has 0 aliphatic carbocycles. The number of pyridine rings is 1. The van der Waals surface area contributed by atoms with E-state index in [1.54, 1.807) is 0 Å². The molecule has 1 aromatic rings. The topological polar surface area (TPSA) is 16.1 Å². The maximum atomic E-state index is 12.9. The molecule has 0 amide bonds. The number of aromatic nitrogens is 1. The second kappa shape index (κ2) is 5.40. The zero-order chi connectivity index (χ0) is 15.0. The lowest BCUT2D eigenvalue weighted by Crippen LogP contribution is -2.34. The quantitative estimate of drug-likeness (QED) is 0.838. The molecular weight excluding hydrogens is 258 g/mol. The minimum Gasteiger partial charge on any atom is -0.298 e. The van der Waals surface area contributed by atoms with Crippen LogP contribution in [0.2, 0.25) is 0 Å². The van der Waals surface area contributed by atoms with E-state index >= 15 is 0 Å². The molecule has 4 heteroatoms. The Hall–Kier alpha value is -1.03. The SMILES string of the molecule is CC(F)(F)CCN1CCc2nc(C(C)(C)C)ccc2C1. The summed E-state index contributed by atoms with van der Waals surface area (Å²) in [5, 5.41) is 0. The van der Waals surface area contributed by atoms with E-state index in [1.807, 2.05) is 0 Å². The molecule has 0 radical (unpaired) electrons. The average Bonchev–Trinajstić information content (AvgIpc) is 2.33. The Labute approximate surface area is 120 Å². The van der Waals surface area contributed by atoms with Crippen molar-refractivity contribution < 1.29 is 8.78 Å². The van der Waals surface area contributed by atoms with Crippen LogP contribution >= 0.6 is 0 Å². The van der Waals surface area contributed by atoms with Gasteiger partial charge >= 0.3 is 0 Å². The van der Waals surface area contributed by atoms with Crippen molar-refractivity contribution in [1.29, 1.82) is 0 Å². The highest BCUT2D eigenvalue weighted by Gasteiger charge is 2.25. The summed E-state index contributed by atoms with van der Waals surface area (Å²) in [6.07, 6.45) is 0.782. The van der Waals surface area contributed by atoms with Crippen LogP contribution in [0.25, 0.3) is 0 Å². The molecule has 0 unspecified atom stereocenters. The molecule has 1 aliphatic rings. The average molecular weight is 282 g/mol. The van der Waals surface area contributed by atoms with Crippen LogP contribution in [-0.4, -0.2) is 28.9 Å². The summed E-state index contributed by atoms with van der Waals surface area (Å²) in [6, 6.07) is 4.18. The van der Waals surface area contributed by atoms with Gasteiger partial charge in [0.05, 0.1) is 0 Å². The van der Waals surface area contributed by atoms with Gasteiger partial charge in [0.2, 0.25) is 5.92 Å². The number of fused-ring (bicyclic) bond motifs is 1. The highest BCUT2D eigenvalue weighted by atomic mass is 19.3. The molecule has 2 nitrogen and oxygen atoms in total. The Balaban J connectivity index is 2.05. The van der Waals surface area contributed by atoms with Gasteiger partial charge in [-0.05, 0) is 18.6 Å². The fourth-order valence-corrected chi connectivity index (χ4v) is 2.44. The van der Waals surface area contributed by atoms with Crippen LogP contribution in [-0.2, 0) is 18.4 Å². The minimum atomic E-state index is -2.57. The molecule has 112 valence electrons. The first-order valence-electron chi connectivity index (χ1n) is 7.25. The molecule has 2 rings (SSSR count). The number of halogens is 2. The molecule has 0 saturated heterocycles. The van der Waals surface area contributed by atoms with Gasteiger partial charge in [-0.25, -0.2) is 8.78 Å². The highest BCUT2D eigenvalue weighted by Crippen LogP contribution is 2.25. The zero-order valence-corrected chi connectivity index (χ0v) is 12.8. The van der Waals surface area contributed by atoms with E-state index in [4.69, 9.17) is 4.98 Å². The second-order valence-corrected chi connectivity index (χ2v) is 6.90. The van der Waals surface area contributed by atoms with Gasteiger partial charge in [0.1, 0.15) is 0 Å². The first-order valence-corrected chi connectivity index (χ1v) is 7.25. The normalized spacial score (nSPS) is 17.1. The number of hydrogen-bond acceptors (Lipinski definition) is 2. The molecule has 2 heterocycles. The van der Waals surface area contributed by atoms with Gasteiger partial charge in [-0.2, -0.15) is 0 Å². The molecule has 0 fully saturated rings. The van der Waals surface area contributed by atoms with Crippen molar-refractivity contribution in [2.75, 3.05) is 13.1 Å². The Bertz CT molecular complexity index is 472. The van der Waals surface area contributed by atoms with Crippen molar-refractivity contribution >= 4 is 0 Å². The molecule has 0 spiro atoms. The summed E-state index contributed by atoms with van der Waals surface area (Å²) in [4.78, 5) is 6.85. The lowest BCUT2D eigenvalue weighted by Gasteiger charge is -2.30. The molecule has 0 saturated carbocycles. The summed E-state index contributed by atoms with van der Waals surface area (Å²) in [7, 11) is 0. The summed E-state index contributed by atoms with van der Waals surface area (Å²) >= 11 is 0.